The van der Waals surface area contributed by atoms with Gasteiger partial charge in [0.15, 0.2) is 12.7 Å². The first kappa shape index (κ1) is 21.0. The molecule has 2 N–H and O–H groups in total. The molecule has 0 heterocycles. The van der Waals surface area contributed by atoms with Crippen LogP contribution in [0.15, 0.2) is 54.6 Å². The summed E-state index contributed by atoms with van der Waals surface area (Å²) in [5.41, 5.74) is 6.04. The fraction of sp³-hybridized carbons (Fsp3) is 0.286. The van der Waals surface area contributed by atoms with Gasteiger partial charge in [-0.25, -0.2) is 4.79 Å². The van der Waals surface area contributed by atoms with E-state index in [1.807, 2.05) is 12.1 Å². The molecular weight excluding hydrogens is 360 g/mol. The molecule has 7 heteroatoms. The van der Waals surface area contributed by atoms with Gasteiger partial charge in [0.25, 0.3) is 11.8 Å². The molecule has 2 rings (SSSR count). The molecule has 0 aliphatic heterocycles. The van der Waals surface area contributed by atoms with Crippen LogP contribution in [0.5, 0.6) is 5.75 Å². The van der Waals surface area contributed by atoms with Crippen LogP contribution in [0.2, 0.25) is 0 Å². The third-order valence-electron chi connectivity index (χ3n) is 3.92. The molecule has 28 heavy (non-hydrogen) atoms. The Morgan fingerprint density at radius 1 is 0.893 bits per heavy atom. The average Bonchev–Trinajstić information content (AvgIpc) is 2.71. The van der Waals surface area contributed by atoms with Crippen molar-refractivity contribution in [2.45, 2.75) is 32.8 Å². The molecule has 0 aliphatic rings. The largest absolute Gasteiger partial charge is 0.482 e. The van der Waals surface area contributed by atoms with Crippen LogP contribution < -0.4 is 15.6 Å². The highest BCUT2D eigenvalue weighted by Crippen LogP contribution is 2.18. The second-order valence-electron chi connectivity index (χ2n) is 6.45. The highest BCUT2D eigenvalue weighted by molar-refractivity contribution is 5.95. The number of hydrogen-bond donors (Lipinski definition) is 2. The molecule has 0 aromatic heterocycles. The molecule has 7 nitrogen and oxygen atoms in total. The number of benzene rings is 2. The predicted molar refractivity (Wildman–Crippen MR) is 104 cm³/mol. The van der Waals surface area contributed by atoms with E-state index in [0.717, 1.165) is 5.56 Å². The van der Waals surface area contributed by atoms with Crippen molar-refractivity contribution in [3.8, 4) is 5.75 Å². The number of carbonyl (C=O) groups excluding carboxylic acids is 3. The van der Waals surface area contributed by atoms with E-state index in [1.165, 1.54) is 6.92 Å². The highest BCUT2D eigenvalue weighted by Gasteiger charge is 2.19. The maximum atomic E-state index is 11.9. The van der Waals surface area contributed by atoms with Gasteiger partial charge in [0.05, 0.1) is 0 Å². The number of hydrazine groups is 1. The molecule has 0 saturated carbocycles. The maximum Gasteiger partial charge on any atom is 0.344 e. The molecule has 0 bridgehead atoms. The molecule has 0 saturated heterocycles. The van der Waals surface area contributed by atoms with Crippen molar-refractivity contribution in [1.82, 2.24) is 10.9 Å². The number of amides is 2. The molecule has 1 atom stereocenters. The molecule has 0 fully saturated rings. The van der Waals surface area contributed by atoms with E-state index >= 15 is 0 Å². The summed E-state index contributed by atoms with van der Waals surface area (Å²) < 4.78 is 10.4. The summed E-state index contributed by atoms with van der Waals surface area (Å²) in [6.45, 7) is 5.25. The number of rotatable bonds is 7. The summed E-state index contributed by atoms with van der Waals surface area (Å²) in [7, 11) is 0. The Bertz CT molecular complexity index is 803. The van der Waals surface area contributed by atoms with E-state index < -0.39 is 23.9 Å². The summed E-state index contributed by atoms with van der Waals surface area (Å²) in [5, 5.41) is 0. The molecule has 2 aromatic rings. The van der Waals surface area contributed by atoms with Gasteiger partial charge in [-0.2, -0.15) is 0 Å². The molecule has 148 valence electrons. The fourth-order valence-electron chi connectivity index (χ4n) is 2.26. The lowest BCUT2D eigenvalue weighted by atomic mass is 10.0. The van der Waals surface area contributed by atoms with Crippen LogP contribution >= 0.6 is 0 Å². The van der Waals surface area contributed by atoms with Crippen LogP contribution in [0.1, 0.15) is 42.6 Å². The van der Waals surface area contributed by atoms with Crippen LogP contribution in [0, 0.1) is 0 Å². The van der Waals surface area contributed by atoms with Crippen molar-refractivity contribution in [1.29, 1.82) is 0 Å². The second kappa shape index (κ2) is 10.1. The number of ether oxygens (including phenoxy) is 2. The van der Waals surface area contributed by atoms with Crippen LogP contribution in [0.4, 0.5) is 0 Å². The van der Waals surface area contributed by atoms with Gasteiger partial charge in [-0.3, -0.25) is 20.4 Å². The van der Waals surface area contributed by atoms with E-state index in [9.17, 15) is 14.4 Å². The van der Waals surface area contributed by atoms with Crippen LogP contribution in [-0.4, -0.2) is 30.5 Å². The molecule has 0 unspecified atom stereocenters. The van der Waals surface area contributed by atoms with Gasteiger partial charge in [-0.1, -0.05) is 44.2 Å². The van der Waals surface area contributed by atoms with E-state index in [0.29, 0.717) is 17.2 Å². The minimum Gasteiger partial charge on any atom is -0.482 e. The Labute approximate surface area is 164 Å². The molecule has 2 amide bonds. The van der Waals surface area contributed by atoms with E-state index in [1.54, 1.807) is 42.5 Å². The Kier molecular flexibility index (Phi) is 7.56. The first-order valence-electron chi connectivity index (χ1n) is 8.94. The Morgan fingerprint density at radius 3 is 2.14 bits per heavy atom. The standard InChI is InChI=1S/C21H24N2O5/c1-14(2)16-9-11-18(12-10-16)27-13-19(24)28-15(3)20(25)22-23-21(26)17-7-5-4-6-8-17/h4-12,14-15H,13H2,1-3H3,(H,22,25)(H,23,26)/t15-/m0/s1. The van der Waals surface area contributed by atoms with Crippen molar-refractivity contribution in [2.75, 3.05) is 6.61 Å². The van der Waals surface area contributed by atoms with Crippen molar-refractivity contribution in [3.05, 3.63) is 65.7 Å². The Balaban J connectivity index is 1.73. The van der Waals surface area contributed by atoms with Crippen LogP contribution in [0.3, 0.4) is 0 Å². The third-order valence-corrected chi connectivity index (χ3v) is 3.92. The lowest BCUT2D eigenvalue weighted by Crippen LogP contribution is -2.47. The summed E-state index contributed by atoms with van der Waals surface area (Å²) >= 11 is 0. The van der Waals surface area contributed by atoms with Crippen LogP contribution in [0.25, 0.3) is 0 Å². The third kappa shape index (κ3) is 6.42. The molecule has 2 aromatic carbocycles. The van der Waals surface area contributed by atoms with Gasteiger partial charge in [-0.15, -0.1) is 0 Å². The minimum absolute atomic E-state index is 0.324. The maximum absolute atomic E-state index is 11.9. The van der Waals surface area contributed by atoms with Gasteiger partial charge in [0, 0.05) is 5.56 Å². The van der Waals surface area contributed by atoms with Gasteiger partial charge in [-0.05, 0) is 42.7 Å². The summed E-state index contributed by atoms with van der Waals surface area (Å²) in [5.74, 6) is -0.876. The van der Waals surface area contributed by atoms with Gasteiger partial charge >= 0.3 is 5.97 Å². The van der Waals surface area contributed by atoms with Crippen LogP contribution in [-0.2, 0) is 14.3 Å². The predicted octanol–water partition coefficient (Wildman–Crippen LogP) is 2.58. The summed E-state index contributed by atoms with van der Waals surface area (Å²) in [6, 6.07) is 15.8. The van der Waals surface area contributed by atoms with E-state index in [-0.39, 0.29) is 6.61 Å². The monoisotopic (exact) mass is 384 g/mol. The molecule has 0 aliphatic carbocycles. The first-order chi connectivity index (χ1) is 13.4. The van der Waals surface area contributed by atoms with Crippen molar-refractivity contribution in [3.63, 3.8) is 0 Å². The topological polar surface area (TPSA) is 93.7 Å². The zero-order valence-corrected chi connectivity index (χ0v) is 16.1. The lowest BCUT2D eigenvalue weighted by molar-refractivity contribution is -0.156. The smallest absolute Gasteiger partial charge is 0.344 e. The SMILES string of the molecule is CC(C)c1ccc(OCC(=O)O[C@@H](C)C(=O)NNC(=O)c2ccccc2)cc1. The van der Waals surface area contributed by atoms with E-state index in [4.69, 9.17) is 9.47 Å². The van der Waals surface area contributed by atoms with Gasteiger partial charge in [0.2, 0.25) is 0 Å². The highest BCUT2D eigenvalue weighted by atomic mass is 16.6. The van der Waals surface area contributed by atoms with E-state index in [2.05, 4.69) is 24.7 Å². The zero-order valence-electron chi connectivity index (χ0n) is 16.1. The normalized spacial score (nSPS) is 11.4. The van der Waals surface area contributed by atoms with Gasteiger partial charge in [0.1, 0.15) is 5.75 Å². The molecular formula is C21H24N2O5. The van der Waals surface area contributed by atoms with Crippen molar-refractivity contribution >= 4 is 17.8 Å². The number of hydrogen-bond acceptors (Lipinski definition) is 5. The van der Waals surface area contributed by atoms with Gasteiger partial charge < -0.3 is 9.47 Å². The lowest BCUT2D eigenvalue weighted by Gasteiger charge is -2.14. The number of esters is 1. The first-order valence-corrected chi connectivity index (χ1v) is 8.94. The fourth-order valence-corrected chi connectivity index (χ4v) is 2.26. The van der Waals surface area contributed by atoms with Crippen molar-refractivity contribution in [2.24, 2.45) is 0 Å². The summed E-state index contributed by atoms with van der Waals surface area (Å²) in [4.78, 5) is 35.7. The average molecular weight is 384 g/mol. The summed E-state index contributed by atoms with van der Waals surface area (Å²) in [6.07, 6.45) is -1.09. The number of nitrogens with one attached hydrogen (secondary N) is 2. The minimum atomic E-state index is -1.09. The Morgan fingerprint density at radius 2 is 1.54 bits per heavy atom. The second-order valence-corrected chi connectivity index (χ2v) is 6.45. The van der Waals surface area contributed by atoms with Crippen molar-refractivity contribution < 1.29 is 23.9 Å². The zero-order chi connectivity index (χ0) is 20.5. The Hall–Kier alpha value is -3.35. The quantitative estimate of drug-likeness (QED) is 0.565. The molecule has 0 radical (unpaired) electrons. The molecule has 0 spiro atoms. The number of carbonyl (C=O) groups is 3.